The van der Waals surface area contributed by atoms with Crippen LogP contribution in [0.4, 0.5) is 11.5 Å². The molecular weight excluding hydrogens is 206 g/mol. The van der Waals surface area contributed by atoms with E-state index in [4.69, 9.17) is 6.42 Å². The summed E-state index contributed by atoms with van der Waals surface area (Å²) in [6, 6.07) is 3.17. The molecule has 1 N–H and O–H groups in total. The Morgan fingerprint density at radius 3 is 2.88 bits per heavy atom. The lowest BCUT2D eigenvalue weighted by Crippen LogP contribution is -2.17. The van der Waals surface area contributed by atoms with Crippen LogP contribution in [-0.2, 0) is 0 Å². The van der Waals surface area contributed by atoms with E-state index < -0.39 is 4.92 Å². The van der Waals surface area contributed by atoms with Crippen molar-refractivity contribution in [3.63, 3.8) is 0 Å². The van der Waals surface area contributed by atoms with Gasteiger partial charge in [-0.2, -0.15) is 0 Å². The maximum Gasteiger partial charge on any atom is 0.363 e. The fourth-order valence-corrected chi connectivity index (χ4v) is 1.25. The minimum absolute atomic E-state index is 0.157. The number of anilines is 1. The number of pyridine rings is 1. The van der Waals surface area contributed by atoms with E-state index in [1.165, 1.54) is 12.3 Å². The normalized spacial score (nSPS) is 11.5. The Bertz CT molecular complexity index is 395. The lowest BCUT2D eigenvalue weighted by Gasteiger charge is -2.14. The van der Waals surface area contributed by atoms with E-state index >= 15 is 0 Å². The highest BCUT2D eigenvalue weighted by Crippen LogP contribution is 2.14. The number of aromatic nitrogens is 1. The van der Waals surface area contributed by atoms with Crippen LogP contribution < -0.4 is 5.32 Å². The van der Waals surface area contributed by atoms with Gasteiger partial charge in [0.1, 0.15) is 0 Å². The van der Waals surface area contributed by atoms with Gasteiger partial charge in [0.05, 0.1) is 5.69 Å². The van der Waals surface area contributed by atoms with Crippen LogP contribution in [0.2, 0.25) is 0 Å². The summed E-state index contributed by atoms with van der Waals surface area (Å²) < 4.78 is 0. The molecule has 1 atom stereocenters. The average Bonchev–Trinajstić information content (AvgIpc) is 2.29. The fourth-order valence-electron chi connectivity index (χ4n) is 1.25. The highest BCUT2D eigenvalue weighted by atomic mass is 16.6. The van der Waals surface area contributed by atoms with Gasteiger partial charge in [-0.3, -0.25) is 0 Å². The summed E-state index contributed by atoms with van der Waals surface area (Å²) in [4.78, 5) is 13.6. The molecule has 0 aliphatic rings. The summed E-state index contributed by atoms with van der Waals surface area (Å²) in [5.74, 6) is 2.42. The van der Waals surface area contributed by atoms with Crippen LogP contribution >= 0.6 is 0 Å². The molecule has 1 unspecified atom stereocenters. The van der Waals surface area contributed by atoms with Crippen molar-refractivity contribution in [2.75, 3.05) is 5.32 Å². The molecule has 0 bridgehead atoms. The Kier molecular flexibility index (Phi) is 4.28. The second-order valence-corrected chi connectivity index (χ2v) is 3.32. The molecular formula is C11H13N3O2. The molecule has 84 valence electrons. The van der Waals surface area contributed by atoms with E-state index in [9.17, 15) is 10.1 Å². The third-order valence-electron chi connectivity index (χ3n) is 2.16. The van der Waals surface area contributed by atoms with Crippen molar-refractivity contribution in [3.05, 3.63) is 28.4 Å². The summed E-state index contributed by atoms with van der Waals surface area (Å²) in [5, 5.41) is 13.6. The van der Waals surface area contributed by atoms with E-state index in [1.807, 2.05) is 6.92 Å². The third-order valence-corrected chi connectivity index (χ3v) is 2.16. The molecule has 0 saturated heterocycles. The molecule has 1 rings (SSSR count). The van der Waals surface area contributed by atoms with Crippen molar-refractivity contribution in [1.82, 2.24) is 4.98 Å². The lowest BCUT2D eigenvalue weighted by molar-refractivity contribution is -0.389. The zero-order valence-electron chi connectivity index (χ0n) is 9.01. The Morgan fingerprint density at radius 1 is 1.69 bits per heavy atom. The van der Waals surface area contributed by atoms with Crippen LogP contribution in [0.15, 0.2) is 18.3 Å². The number of nitro groups is 1. The summed E-state index contributed by atoms with van der Waals surface area (Å²) in [5.41, 5.74) is 0.743. The zero-order chi connectivity index (χ0) is 12.0. The summed E-state index contributed by atoms with van der Waals surface area (Å²) in [6.07, 6.45) is 8.18. The van der Waals surface area contributed by atoms with Gasteiger partial charge in [0.25, 0.3) is 0 Å². The molecule has 1 heterocycles. The van der Waals surface area contributed by atoms with Crippen LogP contribution in [0.1, 0.15) is 19.8 Å². The molecule has 1 aromatic heterocycles. The van der Waals surface area contributed by atoms with Crippen molar-refractivity contribution >= 4 is 11.5 Å². The van der Waals surface area contributed by atoms with E-state index in [2.05, 4.69) is 16.2 Å². The van der Waals surface area contributed by atoms with E-state index in [0.717, 1.165) is 12.1 Å². The molecule has 0 saturated carbocycles. The van der Waals surface area contributed by atoms with Crippen LogP contribution in [0, 0.1) is 22.5 Å². The Balaban J connectivity index is 2.68. The molecule has 1 aromatic rings. The predicted octanol–water partition coefficient (Wildman–Crippen LogP) is 2.20. The second-order valence-electron chi connectivity index (χ2n) is 3.32. The van der Waals surface area contributed by atoms with Gasteiger partial charge in [-0.1, -0.05) is 6.92 Å². The van der Waals surface area contributed by atoms with Crippen molar-refractivity contribution in [1.29, 1.82) is 0 Å². The summed E-state index contributed by atoms with van der Waals surface area (Å²) in [6.45, 7) is 2.02. The van der Waals surface area contributed by atoms with E-state index in [1.54, 1.807) is 6.07 Å². The van der Waals surface area contributed by atoms with Crippen LogP contribution in [0.5, 0.6) is 0 Å². The van der Waals surface area contributed by atoms with Gasteiger partial charge in [-0.15, -0.1) is 12.3 Å². The Labute approximate surface area is 94.0 Å². The monoisotopic (exact) mass is 219 g/mol. The van der Waals surface area contributed by atoms with Crippen molar-refractivity contribution in [2.24, 2.45) is 0 Å². The maximum absolute atomic E-state index is 10.4. The molecule has 0 aromatic carbocycles. The van der Waals surface area contributed by atoms with Crippen LogP contribution in [0.25, 0.3) is 0 Å². The Hall–Kier alpha value is -2.09. The smallest absolute Gasteiger partial charge is 0.363 e. The number of terminal acetylenes is 1. The number of nitrogens with one attached hydrogen (secondary N) is 1. The van der Waals surface area contributed by atoms with Crippen molar-refractivity contribution < 1.29 is 4.92 Å². The van der Waals surface area contributed by atoms with Crippen LogP contribution in [0.3, 0.4) is 0 Å². The van der Waals surface area contributed by atoms with E-state index in [0.29, 0.717) is 6.42 Å². The molecule has 0 fully saturated rings. The molecule has 5 nitrogen and oxygen atoms in total. The molecule has 0 aliphatic carbocycles. The van der Waals surface area contributed by atoms with Gasteiger partial charge < -0.3 is 15.4 Å². The van der Waals surface area contributed by atoms with Crippen molar-refractivity contribution in [3.8, 4) is 12.3 Å². The van der Waals surface area contributed by atoms with Gasteiger partial charge in [-0.25, -0.2) is 0 Å². The minimum Gasteiger partial charge on any atom is -0.378 e. The fraction of sp³-hybridized carbons (Fsp3) is 0.364. The van der Waals surface area contributed by atoms with Gasteiger partial charge in [0, 0.05) is 18.5 Å². The van der Waals surface area contributed by atoms with Crippen LogP contribution in [-0.4, -0.2) is 15.9 Å². The minimum atomic E-state index is -0.525. The summed E-state index contributed by atoms with van der Waals surface area (Å²) in [7, 11) is 0. The molecule has 5 heteroatoms. The molecule has 0 amide bonds. The largest absolute Gasteiger partial charge is 0.378 e. The predicted molar refractivity (Wildman–Crippen MR) is 62.0 cm³/mol. The average molecular weight is 219 g/mol. The second kappa shape index (κ2) is 5.71. The molecule has 0 radical (unpaired) electrons. The standard InChI is InChI=1S/C11H13N3O2/c1-3-5-9(4-2)13-10-6-7-11(12-8-10)14(15)16/h1,6-9,13H,4-5H2,2H3. The first-order valence-electron chi connectivity index (χ1n) is 4.97. The number of hydrogen-bond acceptors (Lipinski definition) is 4. The van der Waals surface area contributed by atoms with Crippen molar-refractivity contribution in [2.45, 2.75) is 25.8 Å². The first kappa shape index (κ1) is 12.0. The quantitative estimate of drug-likeness (QED) is 0.468. The number of rotatable bonds is 5. The molecule has 16 heavy (non-hydrogen) atoms. The van der Waals surface area contributed by atoms with Gasteiger partial charge >= 0.3 is 5.82 Å². The third kappa shape index (κ3) is 3.24. The zero-order valence-corrected chi connectivity index (χ0v) is 9.01. The van der Waals surface area contributed by atoms with Gasteiger partial charge in [-0.05, 0) is 22.4 Å². The first-order valence-corrected chi connectivity index (χ1v) is 4.97. The SMILES string of the molecule is C#CCC(CC)Nc1ccc([N+](=O)[O-])nc1. The Morgan fingerprint density at radius 2 is 2.44 bits per heavy atom. The lowest BCUT2D eigenvalue weighted by atomic mass is 10.1. The van der Waals surface area contributed by atoms with E-state index in [-0.39, 0.29) is 11.9 Å². The highest BCUT2D eigenvalue weighted by molar-refractivity contribution is 5.44. The highest BCUT2D eigenvalue weighted by Gasteiger charge is 2.08. The van der Waals surface area contributed by atoms with Gasteiger partial charge in [0.2, 0.25) is 0 Å². The number of nitrogens with zero attached hydrogens (tertiary/aromatic N) is 2. The summed E-state index contributed by atoms with van der Waals surface area (Å²) >= 11 is 0. The number of hydrogen-bond donors (Lipinski definition) is 1. The maximum atomic E-state index is 10.4. The topological polar surface area (TPSA) is 68.1 Å². The van der Waals surface area contributed by atoms with Gasteiger partial charge in [0.15, 0.2) is 6.20 Å². The molecule has 0 spiro atoms. The molecule has 0 aliphatic heterocycles. The first-order chi connectivity index (χ1) is 7.67.